The van der Waals surface area contributed by atoms with Gasteiger partial charge in [0.05, 0.1) is 7.11 Å². The predicted octanol–water partition coefficient (Wildman–Crippen LogP) is 2.58. The molecule has 2 rings (SSSR count). The fourth-order valence-electron chi connectivity index (χ4n) is 2.95. The molecular weight excluding hydrogens is 236 g/mol. The van der Waals surface area contributed by atoms with Gasteiger partial charge in [-0.3, -0.25) is 4.90 Å². The summed E-state index contributed by atoms with van der Waals surface area (Å²) in [5.41, 5.74) is 2.61. The van der Waals surface area contributed by atoms with E-state index in [2.05, 4.69) is 42.3 Å². The van der Waals surface area contributed by atoms with Crippen LogP contribution in [0.4, 0.5) is 0 Å². The third-order valence-electron chi connectivity index (χ3n) is 3.86. The van der Waals surface area contributed by atoms with Crippen LogP contribution in [0.25, 0.3) is 0 Å². The Balaban J connectivity index is 1.94. The monoisotopic (exact) mass is 262 g/mol. The minimum Gasteiger partial charge on any atom is -0.496 e. The van der Waals surface area contributed by atoms with Gasteiger partial charge in [-0.15, -0.1) is 0 Å². The Hall–Kier alpha value is -1.06. The van der Waals surface area contributed by atoms with Gasteiger partial charge in [0, 0.05) is 19.1 Å². The van der Waals surface area contributed by atoms with Crippen molar-refractivity contribution in [1.29, 1.82) is 0 Å². The summed E-state index contributed by atoms with van der Waals surface area (Å²) in [6.45, 7) is 8.80. The summed E-state index contributed by atoms with van der Waals surface area (Å²) >= 11 is 0. The van der Waals surface area contributed by atoms with E-state index in [0.717, 1.165) is 18.8 Å². The third kappa shape index (κ3) is 3.95. The number of hydrogen-bond donors (Lipinski definition) is 1. The van der Waals surface area contributed by atoms with Crippen molar-refractivity contribution >= 4 is 0 Å². The molecule has 1 N–H and O–H groups in total. The lowest BCUT2D eigenvalue weighted by Crippen LogP contribution is -2.45. The number of nitrogens with one attached hydrogen (secondary N) is 1. The molecule has 0 saturated carbocycles. The van der Waals surface area contributed by atoms with E-state index in [1.807, 2.05) is 0 Å². The van der Waals surface area contributed by atoms with Gasteiger partial charge in [0.25, 0.3) is 0 Å². The highest BCUT2D eigenvalue weighted by Crippen LogP contribution is 2.20. The van der Waals surface area contributed by atoms with Crippen LogP contribution in [0.2, 0.25) is 0 Å². The molecule has 1 aromatic rings. The highest BCUT2D eigenvalue weighted by molar-refractivity contribution is 5.36. The normalized spacial score (nSPS) is 20.5. The smallest absolute Gasteiger partial charge is 0.121 e. The molecule has 3 heteroatoms. The molecule has 1 aromatic carbocycles. The van der Waals surface area contributed by atoms with Crippen molar-refractivity contribution in [3.05, 3.63) is 29.3 Å². The van der Waals surface area contributed by atoms with Crippen LogP contribution in [-0.4, -0.2) is 37.7 Å². The van der Waals surface area contributed by atoms with Crippen LogP contribution < -0.4 is 10.1 Å². The zero-order valence-corrected chi connectivity index (χ0v) is 12.4. The maximum atomic E-state index is 5.32. The van der Waals surface area contributed by atoms with E-state index in [0.29, 0.717) is 6.04 Å². The Bertz CT molecular complexity index is 404. The van der Waals surface area contributed by atoms with Gasteiger partial charge >= 0.3 is 0 Å². The lowest BCUT2D eigenvalue weighted by Gasteiger charge is -2.33. The summed E-state index contributed by atoms with van der Waals surface area (Å²) in [7, 11) is 1.73. The molecule has 1 unspecified atom stereocenters. The standard InChI is InChI=1S/C16H26N2O/c1-4-17-15-6-5-9-18(12-15)11-14-7-8-16(19-3)13(2)10-14/h7-8,10,15,17H,4-6,9,11-12H2,1-3H3. The van der Waals surface area contributed by atoms with Crippen molar-refractivity contribution < 1.29 is 4.74 Å². The van der Waals surface area contributed by atoms with Crippen LogP contribution in [0, 0.1) is 6.92 Å². The third-order valence-corrected chi connectivity index (χ3v) is 3.86. The van der Waals surface area contributed by atoms with Gasteiger partial charge in [-0.05, 0) is 50.0 Å². The second-order valence-corrected chi connectivity index (χ2v) is 5.44. The highest BCUT2D eigenvalue weighted by Gasteiger charge is 2.18. The molecule has 1 atom stereocenters. The van der Waals surface area contributed by atoms with Gasteiger partial charge in [0.15, 0.2) is 0 Å². The number of piperidine rings is 1. The molecule has 1 fully saturated rings. The van der Waals surface area contributed by atoms with Gasteiger partial charge < -0.3 is 10.1 Å². The second kappa shape index (κ2) is 6.92. The number of hydrogen-bond acceptors (Lipinski definition) is 3. The van der Waals surface area contributed by atoms with Gasteiger partial charge in [0.1, 0.15) is 5.75 Å². The zero-order valence-electron chi connectivity index (χ0n) is 12.4. The topological polar surface area (TPSA) is 24.5 Å². The molecule has 0 amide bonds. The van der Waals surface area contributed by atoms with Crippen molar-refractivity contribution in [2.45, 2.75) is 39.3 Å². The van der Waals surface area contributed by atoms with Crippen LogP contribution in [0.1, 0.15) is 30.9 Å². The minimum absolute atomic E-state index is 0.665. The van der Waals surface area contributed by atoms with E-state index in [1.54, 1.807) is 7.11 Å². The number of likely N-dealkylation sites (N-methyl/N-ethyl adjacent to an activating group) is 1. The SMILES string of the molecule is CCNC1CCCN(Cc2ccc(OC)c(C)c2)C1. The quantitative estimate of drug-likeness (QED) is 0.882. The molecule has 1 aliphatic rings. The highest BCUT2D eigenvalue weighted by atomic mass is 16.5. The van der Waals surface area contributed by atoms with Gasteiger partial charge in [0.2, 0.25) is 0 Å². The minimum atomic E-state index is 0.665. The maximum absolute atomic E-state index is 5.32. The number of rotatable bonds is 5. The lowest BCUT2D eigenvalue weighted by atomic mass is 10.0. The van der Waals surface area contributed by atoms with Crippen molar-refractivity contribution in [1.82, 2.24) is 10.2 Å². The fourth-order valence-corrected chi connectivity index (χ4v) is 2.95. The molecule has 3 nitrogen and oxygen atoms in total. The van der Waals surface area contributed by atoms with Crippen LogP contribution in [0.5, 0.6) is 5.75 Å². The molecule has 0 aromatic heterocycles. The zero-order chi connectivity index (χ0) is 13.7. The molecule has 0 spiro atoms. The van der Waals surface area contributed by atoms with E-state index in [1.165, 1.54) is 37.1 Å². The maximum Gasteiger partial charge on any atom is 0.121 e. The number of benzene rings is 1. The van der Waals surface area contributed by atoms with Gasteiger partial charge in [-0.25, -0.2) is 0 Å². The Kier molecular flexibility index (Phi) is 5.23. The van der Waals surface area contributed by atoms with Crippen molar-refractivity contribution in [3.8, 4) is 5.75 Å². The summed E-state index contributed by atoms with van der Waals surface area (Å²) in [4.78, 5) is 2.55. The number of nitrogens with zero attached hydrogens (tertiary/aromatic N) is 1. The van der Waals surface area contributed by atoms with Crippen molar-refractivity contribution in [2.24, 2.45) is 0 Å². The summed E-state index contributed by atoms with van der Waals surface area (Å²) in [6.07, 6.45) is 2.61. The number of likely N-dealkylation sites (tertiary alicyclic amines) is 1. The van der Waals surface area contributed by atoms with Crippen LogP contribution in [0.15, 0.2) is 18.2 Å². The van der Waals surface area contributed by atoms with Gasteiger partial charge in [-0.1, -0.05) is 19.1 Å². The number of ether oxygens (including phenoxy) is 1. The molecule has 0 bridgehead atoms. The van der Waals surface area contributed by atoms with Crippen LogP contribution >= 0.6 is 0 Å². The number of methoxy groups -OCH3 is 1. The first-order valence-electron chi connectivity index (χ1n) is 7.32. The van der Waals surface area contributed by atoms with Crippen LogP contribution in [-0.2, 0) is 6.54 Å². The number of aryl methyl sites for hydroxylation is 1. The van der Waals surface area contributed by atoms with E-state index >= 15 is 0 Å². The Labute approximate surface area is 116 Å². The molecule has 1 aliphatic heterocycles. The summed E-state index contributed by atoms with van der Waals surface area (Å²) in [6, 6.07) is 7.17. The Morgan fingerprint density at radius 1 is 1.42 bits per heavy atom. The van der Waals surface area contributed by atoms with E-state index in [4.69, 9.17) is 4.74 Å². The predicted molar refractivity (Wildman–Crippen MR) is 79.7 cm³/mol. The molecular formula is C16H26N2O. The molecule has 0 radical (unpaired) electrons. The summed E-state index contributed by atoms with van der Waals surface area (Å²) in [5.74, 6) is 0.980. The largest absolute Gasteiger partial charge is 0.496 e. The first kappa shape index (κ1) is 14.4. The molecule has 1 heterocycles. The van der Waals surface area contributed by atoms with E-state index < -0.39 is 0 Å². The first-order chi connectivity index (χ1) is 9.22. The van der Waals surface area contributed by atoms with E-state index in [9.17, 15) is 0 Å². The molecule has 19 heavy (non-hydrogen) atoms. The average Bonchev–Trinajstić information content (AvgIpc) is 2.40. The van der Waals surface area contributed by atoms with Crippen molar-refractivity contribution in [2.75, 3.05) is 26.7 Å². The first-order valence-corrected chi connectivity index (χ1v) is 7.32. The van der Waals surface area contributed by atoms with Gasteiger partial charge in [-0.2, -0.15) is 0 Å². The molecule has 1 saturated heterocycles. The van der Waals surface area contributed by atoms with E-state index in [-0.39, 0.29) is 0 Å². The Morgan fingerprint density at radius 3 is 2.95 bits per heavy atom. The average molecular weight is 262 g/mol. The second-order valence-electron chi connectivity index (χ2n) is 5.44. The fraction of sp³-hybridized carbons (Fsp3) is 0.625. The van der Waals surface area contributed by atoms with Crippen molar-refractivity contribution in [3.63, 3.8) is 0 Å². The van der Waals surface area contributed by atoms with Crippen LogP contribution in [0.3, 0.4) is 0 Å². The Morgan fingerprint density at radius 2 is 2.26 bits per heavy atom. The lowest BCUT2D eigenvalue weighted by molar-refractivity contribution is 0.184. The summed E-state index contributed by atoms with van der Waals surface area (Å²) < 4.78 is 5.32. The molecule has 106 valence electrons. The summed E-state index contributed by atoms with van der Waals surface area (Å²) in [5, 5.41) is 3.57. The molecule has 0 aliphatic carbocycles.